The van der Waals surface area contributed by atoms with E-state index in [1.54, 1.807) is 48.5 Å². The highest BCUT2D eigenvalue weighted by molar-refractivity contribution is 7.80. The van der Waals surface area contributed by atoms with Gasteiger partial charge >= 0.3 is 0 Å². The topological polar surface area (TPSA) is 109 Å². The van der Waals surface area contributed by atoms with E-state index in [0.717, 1.165) is 25.7 Å². The van der Waals surface area contributed by atoms with Crippen LogP contribution in [0.4, 0.5) is 5.69 Å². The smallest absolute Gasteiger partial charge is 0.269 e. The number of amides is 3. The summed E-state index contributed by atoms with van der Waals surface area (Å²) in [6.45, 7) is 0. The lowest BCUT2D eigenvalue weighted by atomic mass is 9.88. The minimum absolute atomic E-state index is 0.0292. The first-order valence-electron chi connectivity index (χ1n) is 10.4. The quantitative estimate of drug-likeness (QED) is 0.408. The molecule has 32 heavy (non-hydrogen) atoms. The third-order valence-corrected chi connectivity index (χ3v) is 5.46. The Balaban J connectivity index is 1.45. The third kappa shape index (κ3) is 6.52. The van der Waals surface area contributed by atoms with E-state index < -0.39 is 11.8 Å². The monoisotopic (exact) mass is 454 g/mol. The number of ether oxygens (including phenoxy) is 1. The predicted molar refractivity (Wildman–Crippen MR) is 125 cm³/mol. The highest BCUT2D eigenvalue weighted by atomic mass is 32.1. The fourth-order valence-electron chi connectivity index (χ4n) is 3.45. The fourth-order valence-corrected chi connectivity index (χ4v) is 3.59. The van der Waals surface area contributed by atoms with Crippen LogP contribution in [0.2, 0.25) is 0 Å². The number of carbonyl (C=O) groups is 3. The van der Waals surface area contributed by atoms with Gasteiger partial charge in [-0.25, -0.2) is 0 Å². The summed E-state index contributed by atoms with van der Waals surface area (Å²) in [6.07, 6.45) is 5.22. The van der Waals surface area contributed by atoms with Crippen molar-refractivity contribution < 1.29 is 19.1 Å². The number of hydrazine groups is 1. The SMILES string of the molecule is COc1ccc(C(=O)NC(=S)NNC(=O)c2ccc(NC(=O)C3CCCCC3)cc2)cc1. The summed E-state index contributed by atoms with van der Waals surface area (Å²) in [5, 5.41) is 5.34. The van der Waals surface area contributed by atoms with Crippen LogP contribution in [-0.4, -0.2) is 29.9 Å². The van der Waals surface area contributed by atoms with Crippen molar-refractivity contribution in [3.8, 4) is 5.75 Å². The van der Waals surface area contributed by atoms with E-state index in [2.05, 4.69) is 21.5 Å². The van der Waals surface area contributed by atoms with Gasteiger partial charge in [-0.3, -0.25) is 30.6 Å². The number of benzene rings is 2. The minimum Gasteiger partial charge on any atom is -0.497 e. The van der Waals surface area contributed by atoms with Crippen molar-refractivity contribution in [1.82, 2.24) is 16.2 Å². The van der Waals surface area contributed by atoms with Gasteiger partial charge in [0.1, 0.15) is 5.75 Å². The molecule has 3 amide bonds. The molecule has 8 nitrogen and oxygen atoms in total. The maximum absolute atomic E-state index is 12.3. The van der Waals surface area contributed by atoms with Crippen molar-refractivity contribution in [2.75, 3.05) is 12.4 Å². The summed E-state index contributed by atoms with van der Waals surface area (Å²) in [5.41, 5.74) is 6.35. The Morgan fingerprint density at radius 3 is 2.06 bits per heavy atom. The number of anilines is 1. The molecule has 0 aromatic heterocycles. The Morgan fingerprint density at radius 2 is 1.44 bits per heavy atom. The second-order valence-corrected chi connectivity index (χ2v) is 7.90. The second kappa shape index (κ2) is 11.2. The molecule has 3 rings (SSSR count). The molecule has 1 fully saturated rings. The van der Waals surface area contributed by atoms with Crippen LogP contribution in [-0.2, 0) is 4.79 Å². The summed E-state index contributed by atoms with van der Waals surface area (Å²) in [6, 6.07) is 13.1. The van der Waals surface area contributed by atoms with Crippen molar-refractivity contribution >= 4 is 40.7 Å². The Labute approximate surface area is 192 Å². The normalized spacial score (nSPS) is 13.5. The van der Waals surface area contributed by atoms with E-state index >= 15 is 0 Å². The van der Waals surface area contributed by atoms with Crippen LogP contribution in [0.25, 0.3) is 0 Å². The van der Waals surface area contributed by atoms with Gasteiger partial charge in [-0.15, -0.1) is 0 Å². The molecule has 0 unspecified atom stereocenters. The number of hydrogen-bond donors (Lipinski definition) is 4. The first kappa shape index (κ1) is 23.2. The molecular formula is C23H26N4O4S. The molecule has 1 aliphatic carbocycles. The van der Waals surface area contributed by atoms with Gasteiger partial charge in [0.25, 0.3) is 11.8 Å². The molecule has 0 radical (unpaired) electrons. The van der Waals surface area contributed by atoms with Crippen molar-refractivity contribution in [3.63, 3.8) is 0 Å². The van der Waals surface area contributed by atoms with Crippen LogP contribution < -0.4 is 26.2 Å². The molecule has 1 saturated carbocycles. The first-order valence-corrected chi connectivity index (χ1v) is 10.8. The van der Waals surface area contributed by atoms with Crippen molar-refractivity contribution in [3.05, 3.63) is 59.7 Å². The Morgan fingerprint density at radius 1 is 0.844 bits per heavy atom. The Kier molecular flexibility index (Phi) is 8.15. The molecule has 2 aromatic carbocycles. The minimum atomic E-state index is -0.434. The van der Waals surface area contributed by atoms with Crippen LogP contribution in [0.5, 0.6) is 5.75 Å². The highest BCUT2D eigenvalue weighted by Gasteiger charge is 2.21. The zero-order valence-corrected chi connectivity index (χ0v) is 18.6. The molecular weight excluding hydrogens is 428 g/mol. The molecule has 0 spiro atoms. The van der Waals surface area contributed by atoms with Gasteiger partial charge < -0.3 is 10.1 Å². The summed E-state index contributed by atoms with van der Waals surface area (Å²) in [5.74, 6) is -0.130. The molecule has 0 atom stereocenters. The Bertz CT molecular complexity index is 970. The van der Waals surface area contributed by atoms with Gasteiger partial charge in [0, 0.05) is 22.7 Å². The summed E-state index contributed by atoms with van der Waals surface area (Å²) < 4.78 is 5.05. The maximum Gasteiger partial charge on any atom is 0.269 e. The van der Waals surface area contributed by atoms with E-state index in [1.165, 1.54) is 13.5 Å². The molecule has 1 aliphatic rings. The summed E-state index contributed by atoms with van der Waals surface area (Å²) in [4.78, 5) is 36.8. The van der Waals surface area contributed by atoms with Crippen LogP contribution >= 0.6 is 12.2 Å². The molecule has 2 aromatic rings. The fraction of sp³-hybridized carbons (Fsp3) is 0.304. The van der Waals surface area contributed by atoms with Crippen molar-refractivity contribution in [2.45, 2.75) is 32.1 Å². The van der Waals surface area contributed by atoms with Gasteiger partial charge in [-0.2, -0.15) is 0 Å². The van der Waals surface area contributed by atoms with Crippen molar-refractivity contribution in [2.24, 2.45) is 5.92 Å². The molecule has 168 valence electrons. The number of methoxy groups -OCH3 is 1. The summed E-state index contributed by atoms with van der Waals surface area (Å²) >= 11 is 5.05. The van der Waals surface area contributed by atoms with Gasteiger partial charge in [0.05, 0.1) is 7.11 Å². The number of nitrogens with one attached hydrogen (secondary N) is 4. The van der Waals surface area contributed by atoms with Crippen LogP contribution in [0.3, 0.4) is 0 Å². The van der Waals surface area contributed by atoms with E-state index in [4.69, 9.17) is 17.0 Å². The number of rotatable bonds is 5. The zero-order valence-electron chi connectivity index (χ0n) is 17.8. The number of thiocarbonyl (C=S) groups is 1. The predicted octanol–water partition coefficient (Wildman–Crippen LogP) is 3.16. The first-order chi connectivity index (χ1) is 15.5. The van der Waals surface area contributed by atoms with Crippen LogP contribution in [0.15, 0.2) is 48.5 Å². The lowest BCUT2D eigenvalue weighted by Crippen LogP contribution is -2.48. The summed E-state index contributed by atoms with van der Waals surface area (Å²) in [7, 11) is 1.54. The lowest BCUT2D eigenvalue weighted by molar-refractivity contribution is -0.120. The lowest BCUT2D eigenvalue weighted by Gasteiger charge is -2.20. The van der Waals surface area contributed by atoms with Crippen molar-refractivity contribution in [1.29, 1.82) is 0 Å². The van der Waals surface area contributed by atoms with Gasteiger partial charge in [-0.1, -0.05) is 19.3 Å². The largest absolute Gasteiger partial charge is 0.497 e. The number of carbonyl (C=O) groups excluding carboxylic acids is 3. The van der Waals surface area contributed by atoms with Crippen LogP contribution in [0, 0.1) is 5.92 Å². The maximum atomic E-state index is 12.3. The average Bonchev–Trinajstić information content (AvgIpc) is 2.83. The van der Waals surface area contributed by atoms with E-state index in [-0.39, 0.29) is 16.9 Å². The van der Waals surface area contributed by atoms with Crippen LogP contribution in [0.1, 0.15) is 52.8 Å². The van der Waals surface area contributed by atoms with Gasteiger partial charge in [0.15, 0.2) is 5.11 Å². The third-order valence-electron chi connectivity index (χ3n) is 5.26. The van der Waals surface area contributed by atoms with Gasteiger partial charge in [0.2, 0.25) is 5.91 Å². The molecule has 4 N–H and O–H groups in total. The average molecular weight is 455 g/mol. The highest BCUT2D eigenvalue weighted by Crippen LogP contribution is 2.25. The second-order valence-electron chi connectivity index (χ2n) is 7.49. The molecule has 0 heterocycles. The zero-order chi connectivity index (χ0) is 22.9. The Hall–Kier alpha value is -3.46. The van der Waals surface area contributed by atoms with Gasteiger partial charge in [-0.05, 0) is 73.6 Å². The standard InChI is InChI=1S/C23H26N4O4S/c1-31-19-13-9-16(10-14-19)21(29)25-23(32)27-26-22(30)17-7-11-18(12-8-17)24-20(28)15-5-3-2-4-6-15/h7-15H,2-6H2,1H3,(H,24,28)(H,26,30)(H2,25,27,29,32). The van der Waals surface area contributed by atoms with E-state index in [9.17, 15) is 14.4 Å². The molecule has 0 saturated heterocycles. The molecule has 9 heteroatoms. The van der Waals surface area contributed by atoms with E-state index in [0.29, 0.717) is 22.6 Å². The molecule has 0 aliphatic heterocycles. The van der Waals surface area contributed by atoms with E-state index in [1.807, 2.05) is 0 Å². The number of hydrogen-bond acceptors (Lipinski definition) is 5. The molecule has 0 bridgehead atoms.